The number of hydrogen-bond donors (Lipinski definition) is 0. The molecule has 4 aliphatic rings. The number of carbonyl (C=O) groups excluding carboxylic acids is 1. The average molecular weight is 252 g/mol. The van der Waals surface area contributed by atoms with Gasteiger partial charge in [0.15, 0.2) is 0 Å². The van der Waals surface area contributed by atoms with Crippen molar-refractivity contribution in [3.05, 3.63) is 0 Å². The Balaban J connectivity index is 1.23. The van der Waals surface area contributed by atoms with E-state index in [1.165, 1.54) is 0 Å². The van der Waals surface area contributed by atoms with Crippen molar-refractivity contribution in [3.63, 3.8) is 0 Å². The van der Waals surface area contributed by atoms with Gasteiger partial charge in [0, 0.05) is 0 Å². The van der Waals surface area contributed by atoms with Crippen LogP contribution in [-0.2, 0) is 19.0 Å². The smallest absolute Gasteiger partial charge is 0.309 e. The minimum Gasteiger partial charge on any atom is -0.465 e. The van der Waals surface area contributed by atoms with Crippen LogP contribution < -0.4 is 0 Å². The minimum atomic E-state index is 0.00258. The summed E-state index contributed by atoms with van der Waals surface area (Å²) in [6, 6.07) is 0. The Bertz CT molecular complexity index is 356. The minimum absolute atomic E-state index is 0.00258. The molecule has 4 fully saturated rings. The van der Waals surface area contributed by atoms with Crippen LogP contribution in [-0.4, -0.2) is 37.0 Å². The van der Waals surface area contributed by atoms with E-state index in [0.29, 0.717) is 36.9 Å². The van der Waals surface area contributed by atoms with Crippen LogP contribution >= 0.6 is 0 Å². The van der Waals surface area contributed by atoms with Gasteiger partial charge < -0.3 is 14.2 Å². The lowest BCUT2D eigenvalue weighted by atomic mass is 9.89. The first-order valence-electron chi connectivity index (χ1n) is 7.27. The highest BCUT2D eigenvalue weighted by atomic mass is 16.6. The van der Waals surface area contributed by atoms with Gasteiger partial charge in [0.25, 0.3) is 0 Å². The van der Waals surface area contributed by atoms with Crippen LogP contribution in [0.15, 0.2) is 0 Å². The summed E-state index contributed by atoms with van der Waals surface area (Å²) >= 11 is 0. The molecule has 0 aromatic carbocycles. The molecule has 0 N–H and O–H groups in total. The first kappa shape index (κ1) is 11.2. The first-order chi connectivity index (χ1) is 8.79. The molecule has 2 aliphatic heterocycles. The van der Waals surface area contributed by atoms with Crippen molar-refractivity contribution < 1.29 is 19.0 Å². The molecule has 2 saturated carbocycles. The zero-order valence-electron chi connectivity index (χ0n) is 10.5. The number of esters is 1. The van der Waals surface area contributed by atoms with Crippen molar-refractivity contribution in [2.45, 2.75) is 62.9 Å². The van der Waals surface area contributed by atoms with Crippen LogP contribution in [0.4, 0.5) is 0 Å². The lowest BCUT2D eigenvalue weighted by molar-refractivity contribution is -0.151. The van der Waals surface area contributed by atoms with Gasteiger partial charge >= 0.3 is 5.97 Å². The molecule has 0 amide bonds. The van der Waals surface area contributed by atoms with E-state index >= 15 is 0 Å². The van der Waals surface area contributed by atoms with Gasteiger partial charge in [0.2, 0.25) is 0 Å². The third kappa shape index (κ3) is 2.16. The molecule has 2 saturated heterocycles. The maximum absolute atomic E-state index is 12.0. The van der Waals surface area contributed by atoms with Crippen LogP contribution in [0.2, 0.25) is 0 Å². The molecule has 2 aliphatic carbocycles. The van der Waals surface area contributed by atoms with E-state index in [0.717, 1.165) is 38.5 Å². The summed E-state index contributed by atoms with van der Waals surface area (Å²) in [4.78, 5) is 12.0. The van der Waals surface area contributed by atoms with Gasteiger partial charge in [0.05, 0.1) is 36.9 Å². The van der Waals surface area contributed by atoms with Crippen LogP contribution in [0, 0.1) is 11.8 Å². The van der Waals surface area contributed by atoms with E-state index in [1.807, 2.05) is 0 Å². The second kappa shape index (κ2) is 4.20. The molecule has 4 rings (SSSR count). The Kier molecular flexibility index (Phi) is 2.62. The van der Waals surface area contributed by atoms with E-state index < -0.39 is 0 Å². The number of ether oxygens (including phenoxy) is 3. The maximum Gasteiger partial charge on any atom is 0.309 e. The van der Waals surface area contributed by atoms with E-state index in [9.17, 15) is 4.79 Å². The van der Waals surface area contributed by atoms with Gasteiger partial charge in [-0.05, 0) is 44.4 Å². The average Bonchev–Trinajstić information content (AvgIpc) is 3.26. The Morgan fingerprint density at radius 3 is 2.39 bits per heavy atom. The van der Waals surface area contributed by atoms with Gasteiger partial charge in [-0.25, -0.2) is 0 Å². The van der Waals surface area contributed by atoms with Crippen molar-refractivity contribution in [1.29, 1.82) is 0 Å². The number of epoxide rings is 2. The van der Waals surface area contributed by atoms with Gasteiger partial charge in [-0.3, -0.25) is 4.79 Å². The number of carbonyl (C=O) groups is 1. The second-order valence-corrected chi connectivity index (χ2v) is 6.25. The molecule has 0 aromatic rings. The summed E-state index contributed by atoms with van der Waals surface area (Å²) in [7, 11) is 0. The van der Waals surface area contributed by atoms with Gasteiger partial charge in [-0.2, -0.15) is 0 Å². The van der Waals surface area contributed by atoms with E-state index in [2.05, 4.69) is 0 Å². The predicted octanol–water partition coefficient (Wildman–Crippen LogP) is 1.66. The van der Waals surface area contributed by atoms with Crippen molar-refractivity contribution in [2.24, 2.45) is 11.8 Å². The van der Waals surface area contributed by atoms with Gasteiger partial charge in [0.1, 0.15) is 0 Å². The molecule has 5 unspecified atom stereocenters. The van der Waals surface area contributed by atoms with Crippen molar-refractivity contribution >= 4 is 5.97 Å². The summed E-state index contributed by atoms with van der Waals surface area (Å²) in [6.07, 6.45) is 8.03. The molecule has 0 radical (unpaired) electrons. The third-order valence-corrected chi connectivity index (χ3v) is 4.91. The molecule has 0 aromatic heterocycles. The van der Waals surface area contributed by atoms with Crippen LogP contribution in [0.5, 0.6) is 0 Å². The fraction of sp³-hybridized carbons (Fsp3) is 0.929. The lowest BCUT2D eigenvalue weighted by Gasteiger charge is -2.21. The topological polar surface area (TPSA) is 51.4 Å². The van der Waals surface area contributed by atoms with Crippen molar-refractivity contribution in [2.75, 3.05) is 6.61 Å². The Labute approximate surface area is 107 Å². The Morgan fingerprint density at radius 2 is 1.67 bits per heavy atom. The van der Waals surface area contributed by atoms with E-state index in [1.54, 1.807) is 0 Å². The zero-order chi connectivity index (χ0) is 12.1. The zero-order valence-corrected chi connectivity index (χ0v) is 10.5. The van der Waals surface area contributed by atoms with Crippen molar-refractivity contribution in [3.8, 4) is 0 Å². The SMILES string of the molecule is O=C(OCC1CCC2OC2C1)C1CCC2O[C@H]2C1. The highest BCUT2D eigenvalue weighted by Gasteiger charge is 2.47. The Hall–Kier alpha value is -0.610. The standard InChI is InChI=1S/C14H20O4/c15-14(9-2-4-11-13(6-9)18-11)16-7-8-1-3-10-12(5-8)17-10/h8-13H,1-7H2/t8?,9?,10?,11?,12?,13-/m0/s1. The van der Waals surface area contributed by atoms with Crippen LogP contribution in [0.25, 0.3) is 0 Å². The third-order valence-electron chi connectivity index (χ3n) is 4.91. The van der Waals surface area contributed by atoms with Crippen molar-refractivity contribution in [1.82, 2.24) is 0 Å². The molecule has 18 heavy (non-hydrogen) atoms. The molecular weight excluding hydrogens is 232 g/mol. The molecule has 0 spiro atoms. The lowest BCUT2D eigenvalue weighted by Crippen LogP contribution is -2.27. The normalized spacial score (nSPS) is 48.9. The van der Waals surface area contributed by atoms with Gasteiger partial charge in [-0.1, -0.05) is 0 Å². The fourth-order valence-electron chi connectivity index (χ4n) is 3.57. The second-order valence-electron chi connectivity index (χ2n) is 6.25. The summed E-state index contributed by atoms with van der Waals surface area (Å²) in [5, 5.41) is 0. The maximum atomic E-state index is 12.0. The molecule has 100 valence electrons. The number of hydrogen-bond acceptors (Lipinski definition) is 4. The molecule has 4 nitrogen and oxygen atoms in total. The fourth-order valence-corrected chi connectivity index (χ4v) is 3.57. The molecular formula is C14H20O4. The predicted molar refractivity (Wildman–Crippen MR) is 63.0 cm³/mol. The van der Waals surface area contributed by atoms with Gasteiger partial charge in [-0.15, -0.1) is 0 Å². The quantitative estimate of drug-likeness (QED) is 0.566. The largest absolute Gasteiger partial charge is 0.465 e. The highest BCUT2D eigenvalue weighted by molar-refractivity contribution is 5.72. The number of rotatable bonds is 3. The molecule has 6 atom stereocenters. The summed E-state index contributed by atoms with van der Waals surface area (Å²) < 4.78 is 16.4. The van der Waals surface area contributed by atoms with Crippen LogP contribution in [0.3, 0.4) is 0 Å². The van der Waals surface area contributed by atoms with Crippen LogP contribution in [0.1, 0.15) is 38.5 Å². The highest BCUT2D eigenvalue weighted by Crippen LogP contribution is 2.41. The molecule has 4 heteroatoms. The molecule has 0 bridgehead atoms. The Morgan fingerprint density at radius 1 is 0.944 bits per heavy atom. The summed E-state index contributed by atoms with van der Waals surface area (Å²) in [5.41, 5.74) is 0. The monoisotopic (exact) mass is 252 g/mol. The number of fused-ring (bicyclic) bond motifs is 2. The first-order valence-corrected chi connectivity index (χ1v) is 7.27. The summed E-state index contributed by atoms with van der Waals surface area (Å²) in [5.74, 6) is 0.608. The van der Waals surface area contributed by atoms with E-state index in [4.69, 9.17) is 14.2 Å². The summed E-state index contributed by atoms with van der Waals surface area (Å²) in [6.45, 7) is 0.594. The van der Waals surface area contributed by atoms with E-state index in [-0.39, 0.29) is 11.9 Å². The molecule has 2 heterocycles.